The minimum absolute atomic E-state index is 0.252. The fourth-order valence-corrected chi connectivity index (χ4v) is 2.39. The summed E-state index contributed by atoms with van der Waals surface area (Å²) >= 11 is 6.04. The zero-order valence-electron chi connectivity index (χ0n) is 11.9. The second-order valence-corrected chi connectivity index (χ2v) is 5.07. The van der Waals surface area contributed by atoms with E-state index in [9.17, 15) is 4.79 Å². The number of nitrogens with one attached hydrogen (secondary N) is 1. The Morgan fingerprint density at radius 3 is 2.64 bits per heavy atom. The topological polar surface area (TPSA) is 56.8 Å². The normalized spacial score (nSPS) is 12.6. The van der Waals surface area contributed by atoms with Crippen molar-refractivity contribution in [3.05, 3.63) is 47.0 Å². The minimum Gasteiger partial charge on any atom is -0.495 e. The molecule has 22 heavy (non-hydrogen) atoms. The van der Waals surface area contributed by atoms with Crippen molar-refractivity contribution in [3.8, 4) is 17.2 Å². The Balaban J connectivity index is 1.78. The van der Waals surface area contributed by atoms with Gasteiger partial charge in [0.1, 0.15) is 19.0 Å². The van der Waals surface area contributed by atoms with Gasteiger partial charge in [0.25, 0.3) is 5.91 Å². The third-order valence-electron chi connectivity index (χ3n) is 3.21. The summed E-state index contributed by atoms with van der Waals surface area (Å²) in [5.74, 6) is 1.53. The van der Waals surface area contributed by atoms with Gasteiger partial charge >= 0.3 is 0 Å². The largest absolute Gasteiger partial charge is 0.495 e. The molecule has 5 nitrogen and oxygen atoms in total. The van der Waals surface area contributed by atoms with Gasteiger partial charge in [-0.15, -0.1) is 0 Å². The number of carbonyl (C=O) groups excluding carboxylic acids is 1. The van der Waals surface area contributed by atoms with Gasteiger partial charge in [-0.2, -0.15) is 0 Å². The Kier molecular flexibility index (Phi) is 4.06. The predicted octanol–water partition coefficient (Wildman–Crippen LogP) is 3.37. The fraction of sp³-hybridized carbons (Fsp3) is 0.188. The van der Waals surface area contributed by atoms with E-state index in [1.165, 1.54) is 7.11 Å². The van der Waals surface area contributed by atoms with Crippen molar-refractivity contribution < 1.29 is 19.0 Å². The lowest BCUT2D eigenvalue weighted by molar-refractivity contribution is 0.102. The Morgan fingerprint density at radius 2 is 1.91 bits per heavy atom. The molecular formula is C16H14ClNO4. The first-order valence-electron chi connectivity index (χ1n) is 6.72. The molecule has 1 amide bonds. The van der Waals surface area contributed by atoms with Crippen LogP contribution in [0.5, 0.6) is 17.2 Å². The van der Waals surface area contributed by atoms with Crippen molar-refractivity contribution in [1.82, 2.24) is 0 Å². The molecule has 0 spiro atoms. The van der Waals surface area contributed by atoms with Gasteiger partial charge in [0.2, 0.25) is 0 Å². The standard InChI is InChI=1S/C16H14ClNO4/c1-20-13-5-3-11(9-12(13)17)18-16(19)10-2-4-14-15(8-10)22-7-6-21-14/h2-5,8-9H,6-7H2,1H3,(H,18,19). The highest BCUT2D eigenvalue weighted by atomic mass is 35.5. The maximum Gasteiger partial charge on any atom is 0.255 e. The Labute approximate surface area is 132 Å². The van der Waals surface area contributed by atoms with Crippen molar-refractivity contribution in [2.45, 2.75) is 0 Å². The molecule has 1 aliphatic rings. The Morgan fingerprint density at radius 1 is 1.14 bits per heavy atom. The smallest absolute Gasteiger partial charge is 0.255 e. The number of methoxy groups -OCH3 is 1. The van der Waals surface area contributed by atoms with Crippen molar-refractivity contribution >= 4 is 23.2 Å². The van der Waals surface area contributed by atoms with E-state index in [1.807, 2.05) is 0 Å². The van der Waals surface area contributed by atoms with Gasteiger partial charge in [0.05, 0.1) is 12.1 Å². The number of ether oxygens (including phenoxy) is 3. The van der Waals surface area contributed by atoms with Gasteiger partial charge in [-0.1, -0.05) is 11.6 Å². The van der Waals surface area contributed by atoms with E-state index in [0.29, 0.717) is 46.7 Å². The quantitative estimate of drug-likeness (QED) is 0.942. The highest BCUT2D eigenvalue weighted by Gasteiger charge is 2.15. The number of hydrogen-bond acceptors (Lipinski definition) is 4. The average molecular weight is 320 g/mol. The second-order valence-electron chi connectivity index (χ2n) is 4.66. The number of benzene rings is 2. The van der Waals surface area contributed by atoms with Crippen LogP contribution in [0.25, 0.3) is 0 Å². The van der Waals surface area contributed by atoms with Crippen molar-refractivity contribution in [1.29, 1.82) is 0 Å². The zero-order chi connectivity index (χ0) is 15.5. The fourth-order valence-electron chi connectivity index (χ4n) is 2.13. The molecule has 1 aliphatic heterocycles. The summed E-state index contributed by atoms with van der Waals surface area (Å²) in [6.45, 7) is 0.995. The average Bonchev–Trinajstić information content (AvgIpc) is 2.54. The molecule has 0 aromatic heterocycles. The molecule has 1 heterocycles. The first kappa shape index (κ1) is 14.5. The van der Waals surface area contributed by atoms with Crippen molar-refractivity contribution in [2.24, 2.45) is 0 Å². The van der Waals surface area contributed by atoms with Crippen molar-refractivity contribution in [3.63, 3.8) is 0 Å². The molecule has 6 heteroatoms. The van der Waals surface area contributed by atoms with Crippen molar-refractivity contribution in [2.75, 3.05) is 25.6 Å². The number of hydrogen-bond donors (Lipinski definition) is 1. The molecule has 2 aromatic carbocycles. The van der Waals surface area contributed by atoms with Gasteiger partial charge in [-0.05, 0) is 36.4 Å². The third kappa shape index (κ3) is 2.94. The Hall–Kier alpha value is -2.40. The molecular weight excluding hydrogens is 306 g/mol. The molecule has 0 atom stereocenters. The molecule has 0 fully saturated rings. The van der Waals surface area contributed by atoms with E-state index in [0.717, 1.165) is 0 Å². The van der Waals surface area contributed by atoms with Crippen LogP contribution in [-0.2, 0) is 0 Å². The summed E-state index contributed by atoms with van der Waals surface area (Å²) in [6.07, 6.45) is 0. The summed E-state index contributed by atoms with van der Waals surface area (Å²) in [4.78, 5) is 12.3. The van der Waals surface area contributed by atoms with Crippen LogP contribution in [0.1, 0.15) is 10.4 Å². The van der Waals surface area contributed by atoms with E-state index in [1.54, 1.807) is 36.4 Å². The summed E-state index contributed by atoms with van der Waals surface area (Å²) in [7, 11) is 1.54. The SMILES string of the molecule is COc1ccc(NC(=O)c2ccc3c(c2)OCCO3)cc1Cl. The third-order valence-corrected chi connectivity index (χ3v) is 3.51. The van der Waals surface area contributed by atoms with Crippen LogP contribution < -0.4 is 19.5 Å². The minimum atomic E-state index is -0.252. The van der Waals surface area contributed by atoms with Crippen LogP contribution in [0.4, 0.5) is 5.69 Å². The molecule has 1 N–H and O–H groups in total. The molecule has 0 saturated carbocycles. The van der Waals surface area contributed by atoms with Crippen LogP contribution in [0.2, 0.25) is 5.02 Å². The van der Waals surface area contributed by atoms with Gasteiger partial charge in [0.15, 0.2) is 11.5 Å². The predicted molar refractivity (Wildman–Crippen MR) is 83.4 cm³/mol. The molecule has 0 bridgehead atoms. The molecule has 114 valence electrons. The van der Waals surface area contributed by atoms with E-state index >= 15 is 0 Å². The number of halogens is 1. The van der Waals surface area contributed by atoms with Crippen LogP contribution >= 0.6 is 11.6 Å². The maximum atomic E-state index is 12.3. The van der Waals surface area contributed by atoms with Crippen LogP contribution in [0.15, 0.2) is 36.4 Å². The lowest BCUT2D eigenvalue weighted by atomic mass is 10.1. The van der Waals surface area contributed by atoms with Gasteiger partial charge in [-0.25, -0.2) is 0 Å². The van der Waals surface area contributed by atoms with Gasteiger partial charge in [0, 0.05) is 11.3 Å². The number of rotatable bonds is 3. The van der Waals surface area contributed by atoms with Gasteiger partial charge in [-0.3, -0.25) is 4.79 Å². The molecule has 3 rings (SSSR count). The number of amides is 1. The summed E-state index contributed by atoms with van der Waals surface area (Å²) in [6, 6.07) is 10.1. The number of anilines is 1. The lowest BCUT2D eigenvalue weighted by Crippen LogP contribution is -2.17. The Bertz CT molecular complexity index is 717. The first-order chi connectivity index (χ1) is 10.7. The van der Waals surface area contributed by atoms with Crippen LogP contribution in [0, 0.1) is 0 Å². The van der Waals surface area contributed by atoms with Crippen LogP contribution in [0.3, 0.4) is 0 Å². The lowest BCUT2D eigenvalue weighted by Gasteiger charge is -2.18. The molecule has 0 saturated heterocycles. The highest BCUT2D eigenvalue weighted by Crippen LogP contribution is 2.31. The first-order valence-corrected chi connectivity index (χ1v) is 7.10. The molecule has 0 aliphatic carbocycles. The molecule has 0 radical (unpaired) electrons. The monoisotopic (exact) mass is 319 g/mol. The van der Waals surface area contributed by atoms with E-state index in [2.05, 4.69) is 5.32 Å². The van der Waals surface area contributed by atoms with E-state index in [4.69, 9.17) is 25.8 Å². The van der Waals surface area contributed by atoms with E-state index in [-0.39, 0.29) is 5.91 Å². The maximum absolute atomic E-state index is 12.3. The van der Waals surface area contributed by atoms with Crippen LogP contribution in [-0.4, -0.2) is 26.2 Å². The summed E-state index contributed by atoms with van der Waals surface area (Å²) in [5.41, 5.74) is 1.07. The van der Waals surface area contributed by atoms with Gasteiger partial charge < -0.3 is 19.5 Å². The number of carbonyl (C=O) groups is 1. The highest BCUT2D eigenvalue weighted by molar-refractivity contribution is 6.32. The number of fused-ring (bicyclic) bond motifs is 1. The second kappa shape index (κ2) is 6.15. The molecule has 2 aromatic rings. The van der Waals surface area contributed by atoms with E-state index < -0.39 is 0 Å². The summed E-state index contributed by atoms with van der Waals surface area (Å²) < 4.78 is 16.0. The zero-order valence-corrected chi connectivity index (χ0v) is 12.6. The summed E-state index contributed by atoms with van der Waals surface area (Å²) in [5, 5.41) is 3.21. The molecule has 0 unspecified atom stereocenters.